The first-order chi connectivity index (χ1) is 11.8. The molecule has 1 radical (unpaired) electrons. The largest absolute Gasteiger partial charge is 0.384 e. The lowest BCUT2D eigenvalue weighted by molar-refractivity contribution is -0.219. The van der Waals surface area contributed by atoms with Crippen LogP contribution in [0.1, 0.15) is 78.1 Å². The minimum absolute atomic E-state index is 0.000105. The summed E-state index contributed by atoms with van der Waals surface area (Å²) >= 11 is 0. The molecule has 0 heterocycles. The Labute approximate surface area is 152 Å². The molecule has 3 atom stereocenters. The van der Waals surface area contributed by atoms with Gasteiger partial charge in [-0.05, 0) is 57.3 Å². The maximum atomic E-state index is 10.5. The molecule has 25 heavy (non-hydrogen) atoms. The molecule has 0 spiro atoms. The topological polar surface area (TPSA) is 77.8 Å². The zero-order chi connectivity index (χ0) is 18.8. The predicted octanol–water partition coefficient (Wildman–Crippen LogP) is 3.81. The third-order valence-electron chi connectivity index (χ3n) is 5.34. The van der Waals surface area contributed by atoms with Crippen molar-refractivity contribution in [2.45, 2.75) is 89.4 Å². The molecule has 0 aliphatic heterocycles. The minimum Gasteiger partial charge on any atom is -0.384 e. The van der Waals surface area contributed by atoms with Crippen molar-refractivity contribution in [3.05, 3.63) is 24.3 Å². The van der Waals surface area contributed by atoms with Gasteiger partial charge in [0, 0.05) is 0 Å². The lowest BCUT2D eigenvalue weighted by Gasteiger charge is -2.30. The van der Waals surface area contributed by atoms with Gasteiger partial charge in [-0.25, -0.2) is 0 Å². The van der Waals surface area contributed by atoms with Gasteiger partial charge in [-0.3, -0.25) is 4.79 Å². The van der Waals surface area contributed by atoms with Crippen LogP contribution in [-0.4, -0.2) is 33.0 Å². The Hall–Kier alpha value is -0.970. The van der Waals surface area contributed by atoms with E-state index in [1.54, 1.807) is 6.08 Å². The van der Waals surface area contributed by atoms with Crippen LogP contribution in [0.2, 0.25) is 0 Å². The van der Waals surface area contributed by atoms with Crippen LogP contribution in [-0.2, 0) is 4.79 Å². The van der Waals surface area contributed by atoms with Crippen molar-refractivity contribution in [2.75, 3.05) is 0 Å². The van der Waals surface area contributed by atoms with E-state index < -0.39 is 11.4 Å². The number of aliphatic hydroxyl groups is 3. The summed E-state index contributed by atoms with van der Waals surface area (Å²) in [6, 6.07) is 0. The van der Waals surface area contributed by atoms with Gasteiger partial charge in [0.05, 0.1) is 0 Å². The molecule has 0 saturated heterocycles. The van der Waals surface area contributed by atoms with Crippen LogP contribution in [0.4, 0.5) is 0 Å². The van der Waals surface area contributed by atoms with Crippen LogP contribution in [0.3, 0.4) is 0 Å². The van der Waals surface area contributed by atoms with Gasteiger partial charge in [0.25, 0.3) is 12.1 Å². The second-order valence-electron chi connectivity index (χ2n) is 7.59. The van der Waals surface area contributed by atoms with Crippen molar-refractivity contribution < 1.29 is 20.1 Å². The third-order valence-corrected chi connectivity index (χ3v) is 5.34. The molecule has 1 aliphatic rings. The number of rotatable bonds is 12. The molecule has 1 saturated carbocycles. The van der Waals surface area contributed by atoms with Gasteiger partial charge < -0.3 is 15.3 Å². The predicted molar refractivity (Wildman–Crippen MR) is 101 cm³/mol. The fourth-order valence-electron chi connectivity index (χ4n) is 3.41. The Morgan fingerprint density at radius 2 is 1.84 bits per heavy atom. The van der Waals surface area contributed by atoms with E-state index in [0.29, 0.717) is 11.8 Å². The molecule has 1 rings (SSSR count). The molecule has 4 heteroatoms. The van der Waals surface area contributed by atoms with Crippen molar-refractivity contribution in [3.8, 4) is 0 Å². The highest BCUT2D eigenvalue weighted by atomic mass is 16.5. The van der Waals surface area contributed by atoms with E-state index >= 15 is 0 Å². The molecule has 1 fully saturated rings. The number of hydrogen-bond acceptors (Lipinski definition) is 4. The molecule has 1 aliphatic carbocycles. The summed E-state index contributed by atoms with van der Waals surface area (Å²) in [6.07, 6.45) is 20.4. The molecule has 0 amide bonds. The van der Waals surface area contributed by atoms with Crippen molar-refractivity contribution in [3.63, 3.8) is 0 Å². The van der Waals surface area contributed by atoms with Crippen LogP contribution < -0.4 is 0 Å². The zero-order valence-corrected chi connectivity index (χ0v) is 15.8. The van der Waals surface area contributed by atoms with E-state index in [1.165, 1.54) is 58.3 Å². The molecule has 0 aromatic heterocycles. The van der Waals surface area contributed by atoms with Gasteiger partial charge in [0.15, 0.2) is 0 Å². The summed E-state index contributed by atoms with van der Waals surface area (Å²) < 4.78 is 0. The standard InChI is InChI=1S/C21H35O4/c1-3-4-5-6-7-8-12-18-14-11-15-19(18)13-9-10-16-20(2,23)21(24,25)17-22/h8-10,12,18-19,23-25H,3-7,11,13-16H2,1-2H3/b10-9-,12-8+/t18-,19-,20?/m0/s1. The third kappa shape index (κ3) is 7.43. The Bertz CT molecular complexity index is 437. The van der Waals surface area contributed by atoms with Crippen LogP contribution in [0.15, 0.2) is 24.3 Å². The van der Waals surface area contributed by atoms with Crippen molar-refractivity contribution >= 4 is 6.29 Å². The Morgan fingerprint density at radius 3 is 2.52 bits per heavy atom. The monoisotopic (exact) mass is 351 g/mol. The van der Waals surface area contributed by atoms with Crippen molar-refractivity contribution in [1.29, 1.82) is 0 Å². The van der Waals surface area contributed by atoms with Gasteiger partial charge in [-0.2, -0.15) is 0 Å². The van der Waals surface area contributed by atoms with Crippen LogP contribution in [0.5, 0.6) is 0 Å². The van der Waals surface area contributed by atoms with Gasteiger partial charge in [0.2, 0.25) is 0 Å². The SMILES string of the molecule is CCCCCC/C=C/[C@H]1CCC[C@@H]1C/C=C\CC(C)(O)C(O)(O)[C]=O. The number of carbonyl (C=O) groups excluding carboxylic acids is 1. The van der Waals surface area contributed by atoms with E-state index in [1.807, 2.05) is 6.08 Å². The zero-order valence-electron chi connectivity index (χ0n) is 15.8. The quantitative estimate of drug-likeness (QED) is 0.284. The molecule has 143 valence electrons. The maximum absolute atomic E-state index is 10.5. The Balaban J connectivity index is 2.37. The fourth-order valence-corrected chi connectivity index (χ4v) is 3.41. The summed E-state index contributed by atoms with van der Waals surface area (Å²) in [6.45, 7) is 3.45. The van der Waals surface area contributed by atoms with Gasteiger partial charge in [0.1, 0.15) is 5.60 Å². The lowest BCUT2D eigenvalue weighted by Crippen LogP contribution is -2.53. The fraction of sp³-hybridized carbons (Fsp3) is 0.762. The molecule has 4 nitrogen and oxygen atoms in total. The molecule has 1 unspecified atom stereocenters. The van der Waals surface area contributed by atoms with E-state index in [0.717, 1.165) is 12.7 Å². The smallest absolute Gasteiger partial charge is 0.266 e. The van der Waals surface area contributed by atoms with E-state index in [4.69, 9.17) is 0 Å². The van der Waals surface area contributed by atoms with Crippen molar-refractivity contribution in [1.82, 2.24) is 0 Å². The van der Waals surface area contributed by atoms with E-state index in [9.17, 15) is 20.1 Å². The van der Waals surface area contributed by atoms with Crippen LogP contribution in [0, 0.1) is 11.8 Å². The lowest BCUT2D eigenvalue weighted by atomic mass is 9.90. The Morgan fingerprint density at radius 1 is 1.08 bits per heavy atom. The maximum Gasteiger partial charge on any atom is 0.266 e. The molecular weight excluding hydrogens is 316 g/mol. The highest BCUT2D eigenvalue weighted by Crippen LogP contribution is 2.35. The molecular formula is C21H35O4. The highest BCUT2D eigenvalue weighted by Gasteiger charge is 2.44. The average Bonchev–Trinajstić information content (AvgIpc) is 3.02. The van der Waals surface area contributed by atoms with Crippen LogP contribution in [0.25, 0.3) is 0 Å². The molecule has 0 aromatic rings. The summed E-state index contributed by atoms with van der Waals surface area (Å²) in [5.74, 6) is -1.61. The van der Waals surface area contributed by atoms with Gasteiger partial charge in [-0.1, -0.05) is 56.9 Å². The summed E-state index contributed by atoms with van der Waals surface area (Å²) in [7, 11) is 0. The van der Waals surface area contributed by atoms with Gasteiger partial charge >= 0.3 is 0 Å². The number of unbranched alkanes of at least 4 members (excludes halogenated alkanes) is 4. The first-order valence-corrected chi connectivity index (χ1v) is 9.72. The summed E-state index contributed by atoms with van der Waals surface area (Å²) in [5, 5.41) is 28.8. The first-order valence-electron chi connectivity index (χ1n) is 9.72. The number of hydrogen-bond donors (Lipinski definition) is 3. The first kappa shape index (κ1) is 22.1. The number of allylic oxidation sites excluding steroid dienone is 3. The average molecular weight is 352 g/mol. The summed E-state index contributed by atoms with van der Waals surface area (Å²) in [4.78, 5) is 10.5. The van der Waals surface area contributed by atoms with E-state index in [-0.39, 0.29) is 6.42 Å². The van der Waals surface area contributed by atoms with Gasteiger partial charge in [-0.15, -0.1) is 0 Å². The molecule has 0 aromatic carbocycles. The van der Waals surface area contributed by atoms with Crippen molar-refractivity contribution in [2.24, 2.45) is 11.8 Å². The second kappa shape index (κ2) is 10.9. The molecule has 3 N–H and O–H groups in total. The highest BCUT2D eigenvalue weighted by molar-refractivity contribution is 5.62. The normalized spacial score (nSPS) is 24.2. The second-order valence-corrected chi connectivity index (χ2v) is 7.59. The minimum atomic E-state index is -2.84. The van der Waals surface area contributed by atoms with E-state index in [2.05, 4.69) is 19.1 Å². The molecule has 0 bridgehead atoms. The summed E-state index contributed by atoms with van der Waals surface area (Å²) in [5.41, 5.74) is -1.93. The van der Waals surface area contributed by atoms with Crippen LogP contribution >= 0.6 is 0 Å². The Kier molecular flexibility index (Phi) is 9.62.